The lowest BCUT2D eigenvalue weighted by molar-refractivity contribution is -0.138. The van der Waals surface area contributed by atoms with Crippen LogP contribution in [-0.4, -0.2) is 17.1 Å². The number of carboxylic acids is 1. The number of hydrogen-bond donors (Lipinski definition) is 2. The van der Waals surface area contributed by atoms with E-state index in [0.717, 1.165) is 16.3 Å². The Hall–Kier alpha value is -1.87. The van der Waals surface area contributed by atoms with Gasteiger partial charge in [-0.3, -0.25) is 4.79 Å². The normalized spacial score (nSPS) is 14.5. The Morgan fingerprint density at radius 3 is 2.53 bits per heavy atom. The third-order valence-electron chi connectivity index (χ3n) is 3.14. The van der Waals surface area contributed by atoms with Crippen LogP contribution < -0.4 is 5.73 Å². The van der Waals surface area contributed by atoms with Crippen LogP contribution in [0.2, 0.25) is 0 Å². The number of carboxylic acid groups (broad SMARTS) is 1. The van der Waals surface area contributed by atoms with E-state index < -0.39 is 12.0 Å². The van der Waals surface area contributed by atoms with Crippen molar-refractivity contribution in [3.05, 3.63) is 48.0 Å². The zero-order chi connectivity index (χ0) is 12.4. The standard InChI is InChI=1S/C14H15NO2/c1-9(13(15)14(16)17)11-8-4-6-10-5-2-3-7-12(10)11/h2-9,13H,15H2,1H3,(H,16,17)/t9?,13-/m1/s1. The number of rotatable bonds is 3. The van der Waals surface area contributed by atoms with Crippen molar-refractivity contribution in [2.75, 3.05) is 0 Å². The first-order valence-corrected chi connectivity index (χ1v) is 5.57. The van der Waals surface area contributed by atoms with Gasteiger partial charge in [0.2, 0.25) is 0 Å². The molecule has 0 bridgehead atoms. The molecule has 0 aliphatic rings. The Morgan fingerprint density at radius 1 is 1.18 bits per heavy atom. The minimum Gasteiger partial charge on any atom is -0.480 e. The van der Waals surface area contributed by atoms with Crippen molar-refractivity contribution in [2.24, 2.45) is 5.73 Å². The fourth-order valence-corrected chi connectivity index (χ4v) is 2.05. The maximum atomic E-state index is 10.9. The molecule has 0 heterocycles. The summed E-state index contributed by atoms with van der Waals surface area (Å²) in [6.07, 6.45) is 0. The molecule has 3 N–H and O–H groups in total. The quantitative estimate of drug-likeness (QED) is 0.849. The SMILES string of the molecule is CC(c1cccc2ccccc12)[C@@H](N)C(=O)O. The molecule has 2 aromatic rings. The highest BCUT2D eigenvalue weighted by Crippen LogP contribution is 2.27. The third-order valence-corrected chi connectivity index (χ3v) is 3.14. The first kappa shape index (κ1) is 11.6. The average Bonchev–Trinajstić information content (AvgIpc) is 2.36. The van der Waals surface area contributed by atoms with Gasteiger partial charge in [-0.05, 0) is 16.3 Å². The zero-order valence-corrected chi connectivity index (χ0v) is 9.63. The highest BCUT2D eigenvalue weighted by molar-refractivity contribution is 5.87. The molecule has 0 aliphatic heterocycles. The van der Waals surface area contributed by atoms with Gasteiger partial charge in [0.1, 0.15) is 6.04 Å². The summed E-state index contributed by atoms with van der Waals surface area (Å²) in [5, 5.41) is 11.1. The fraction of sp³-hybridized carbons (Fsp3) is 0.214. The Balaban J connectivity index is 2.52. The summed E-state index contributed by atoms with van der Waals surface area (Å²) in [6, 6.07) is 12.9. The van der Waals surface area contributed by atoms with Crippen molar-refractivity contribution in [1.29, 1.82) is 0 Å². The molecule has 0 radical (unpaired) electrons. The van der Waals surface area contributed by atoms with Gasteiger partial charge in [0.15, 0.2) is 0 Å². The fourth-order valence-electron chi connectivity index (χ4n) is 2.05. The molecule has 0 saturated carbocycles. The molecule has 3 nitrogen and oxygen atoms in total. The second kappa shape index (κ2) is 4.55. The molecule has 0 spiro atoms. The second-order valence-electron chi connectivity index (χ2n) is 4.22. The lowest BCUT2D eigenvalue weighted by Gasteiger charge is -2.18. The van der Waals surface area contributed by atoms with E-state index in [1.54, 1.807) is 0 Å². The zero-order valence-electron chi connectivity index (χ0n) is 9.63. The molecular weight excluding hydrogens is 214 g/mol. The summed E-state index contributed by atoms with van der Waals surface area (Å²) in [5.41, 5.74) is 6.67. The predicted molar refractivity (Wildman–Crippen MR) is 68.0 cm³/mol. The Labute approximate surface area is 99.9 Å². The largest absolute Gasteiger partial charge is 0.480 e. The number of aliphatic carboxylic acids is 1. The molecule has 0 aliphatic carbocycles. The van der Waals surface area contributed by atoms with Gasteiger partial charge in [-0.2, -0.15) is 0 Å². The number of nitrogens with two attached hydrogens (primary N) is 1. The van der Waals surface area contributed by atoms with E-state index in [2.05, 4.69) is 0 Å². The van der Waals surface area contributed by atoms with Crippen LogP contribution >= 0.6 is 0 Å². The van der Waals surface area contributed by atoms with E-state index in [-0.39, 0.29) is 5.92 Å². The summed E-state index contributed by atoms with van der Waals surface area (Å²) in [6.45, 7) is 1.85. The Bertz CT molecular complexity index is 545. The Morgan fingerprint density at radius 2 is 1.82 bits per heavy atom. The van der Waals surface area contributed by atoms with Crippen LogP contribution in [0.25, 0.3) is 10.8 Å². The number of carbonyl (C=O) groups is 1. The molecule has 2 atom stereocenters. The molecule has 2 rings (SSSR count). The summed E-state index contributed by atoms with van der Waals surface area (Å²) < 4.78 is 0. The molecule has 3 heteroatoms. The number of hydrogen-bond acceptors (Lipinski definition) is 2. The van der Waals surface area contributed by atoms with E-state index in [9.17, 15) is 4.79 Å². The van der Waals surface area contributed by atoms with Gasteiger partial charge in [0.25, 0.3) is 0 Å². The first-order valence-electron chi connectivity index (χ1n) is 5.57. The van der Waals surface area contributed by atoms with Gasteiger partial charge in [0.05, 0.1) is 0 Å². The van der Waals surface area contributed by atoms with Gasteiger partial charge < -0.3 is 10.8 Å². The van der Waals surface area contributed by atoms with Gasteiger partial charge in [-0.25, -0.2) is 0 Å². The van der Waals surface area contributed by atoms with E-state index in [1.807, 2.05) is 49.4 Å². The van der Waals surface area contributed by atoms with Gasteiger partial charge in [0, 0.05) is 5.92 Å². The van der Waals surface area contributed by atoms with Gasteiger partial charge >= 0.3 is 5.97 Å². The van der Waals surface area contributed by atoms with Crippen LogP contribution in [-0.2, 0) is 4.79 Å². The average molecular weight is 229 g/mol. The molecular formula is C14H15NO2. The molecule has 0 saturated heterocycles. The van der Waals surface area contributed by atoms with Crippen LogP contribution in [0.1, 0.15) is 18.4 Å². The van der Waals surface area contributed by atoms with Crippen LogP contribution in [0, 0.1) is 0 Å². The first-order chi connectivity index (χ1) is 8.11. The minimum absolute atomic E-state index is 0.210. The summed E-state index contributed by atoms with van der Waals surface area (Å²) in [4.78, 5) is 10.9. The highest BCUT2D eigenvalue weighted by atomic mass is 16.4. The highest BCUT2D eigenvalue weighted by Gasteiger charge is 2.22. The van der Waals surface area contributed by atoms with Crippen molar-refractivity contribution < 1.29 is 9.90 Å². The van der Waals surface area contributed by atoms with Crippen molar-refractivity contribution >= 4 is 16.7 Å². The summed E-state index contributed by atoms with van der Waals surface area (Å²) in [7, 11) is 0. The molecule has 88 valence electrons. The molecule has 17 heavy (non-hydrogen) atoms. The lowest BCUT2D eigenvalue weighted by Crippen LogP contribution is -2.35. The van der Waals surface area contributed by atoms with Gasteiger partial charge in [-0.1, -0.05) is 49.4 Å². The predicted octanol–water partition coefficient (Wildman–Crippen LogP) is 2.36. The van der Waals surface area contributed by atoms with Gasteiger partial charge in [-0.15, -0.1) is 0 Å². The van der Waals surface area contributed by atoms with Crippen molar-refractivity contribution in [2.45, 2.75) is 18.9 Å². The number of fused-ring (bicyclic) bond motifs is 1. The monoisotopic (exact) mass is 229 g/mol. The molecule has 2 aromatic carbocycles. The van der Waals surface area contributed by atoms with Crippen LogP contribution in [0.3, 0.4) is 0 Å². The number of benzene rings is 2. The van der Waals surface area contributed by atoms with Crippen LogP contribution in [0.5, 0.6) is 0 Å². The minimum atomic E-state index is -0.967. The Kier molecular flexibility index (Phi) is 3.11. The van der Waals surface area contributed by atoms with E-state index in [1.165, 1.54) is 0 Å². The van der Waals surface area contributed by atoms with E-state index in [4.69, 9.17) is 10.8 Å². The summed E-state index contributed by atoms with van der Waals surface area (Å²) >= 11 is 0. The lowest BCUT2D eigenvalue weighted by atomic mass is 9.90. The topological polar surface area (TPSA) is 63.3 Å². The smallest absolute Gasteiger partial charge is 0.321 e. The van der Waals surface area contributed by atoms with Crippen LogP contribution in [0.15, 0.2) is 42.5 Å². The maximum absolute atomic E-state index is 10.9. The van der Waals surface area contributed by atoms with Crippen molar-refractivity contribution in [3.8, 4) is 0 Å². The van der Waals surface area contributed by atoms with E-state index >= 15 is 0 Å². The molecule has 0 fully saturated rings. The maximum Gasteiger partial charge on any atom is 0.321 e. The molecule has 0 aromatic heterocycles. The van der Waals surface area contributed by atoms with Crippen molar-refractivity contribution in [3.63, 3.8) is 0 Å². The van der Waals surface area contributed by atoms with Crippen LogP contribution in [0.4, 0.5) is 0 Å². The molecule has 1 unspecified atom stereocenters. The van der Waals surface area contributed by atoms with Crippen molar-refractivity contribution in [1.82, 2.24) is 0 Å². The third kappa shape index (κ3) is 2.15. The van der Waals surface area contributed by atoms with E-state index in [0.29, 0.717) is 0 Å². The second-order valence-corrected chi connectivity index (χ2v) is 4.22. The summed E-state index contributed by atoms with van der Waals surface area (Å²) in [5.74, 6) is -1.18. The molecule has 0 amide bonds.